The molecule has 0 spiro atoms. The fraction of sp³-hybridized carbons (Fsp3) is 0.533. The number of fused-ring (bicyclic) bond motifs is 1. The molecule has 0 saturated heterocycles. The number of aryl methyl sites for hydroxylation is 2. The highest BCUT2D eigenvalue weighted by Crippen LogP contribution is 2.34. The van der Waals surface area contributed by atoms with Crippen LogP contribution in [0.2, 0.25) is 0 Å². The Bertz CT molecular complexity index is 475. The molecule has 1 saturated carbocycles. The number of carboxylic acids is 1. The van der Waals surface area contributed by atoms with Crippen molar-refractivity contribution in [2.45, 2.75) is 50.5 Å². The standard InChI is InChI=1S/C15H19NO2/c17-14(18)15(8-1-2-9-15)16-13-7-6-11-4-3-5-12(11)10-13/h6-7,10,16H,1-5,8-9H2,(H,17,18). The summed E-state index contributed by atoms with van der Waals surface area (Å²) >= 11 is 0. The molecule has 0 bridgehead atoms. The minimum Gasteiger partial charge on any atom is -0.480 e. The fourth-order valence-corrected chi connectivity index (χ4v) is 3.30. The SMILES string of the molecule is O=C(O)C1(Nc2ccc3c(c2)CCC3)CCCC1. The molecule has 0 aromatic heterocycles. The molecule has 3 rings (SSSR count). The first-order chi connectivity index (χ1) is 8.70. The maximum atomic E-state index is 11.5. The molecule has 2 aliphatic rings. The zero-order chi connectivity index (χ0) is 12.6. The number of carbonyl (C=O) groups is 1. The third-order valence-electron chi connectivity index (χ3n) is 4.35. The van der Waals surface area contributed by atoms with Gasteiger partial charge in [0.05, 0.1) is 0 Å². The molecule has 0 atom stereocenters. The van der Waals surface area contributed by atoms with Crippen LogP contribution in [0, 0.1) is 0 Å². The molecule has 1 aromatic carbocycles. The van der Waals surface area contributed by atoms with E-state index >= 15 is 0 Å². The molecule has 0 radical (unpaired) electrons. The van der Waals surface area contributed by atoms with E-state index in [4.69, 9.17) is 0 Å². The molecule has 0 unspecified atom stereocenters. The van der Waals surface area contributed by atoms with Crippen molar-refractivity contribution in [3.8, 4) is 0 Å². The van der Waals surface area contributed by atoms with Gasteiger partial charge in [-0.25, -0.2) is 4.79 Å². The van der Waals surface area contributed by atoms with Crippen molar-refractivity contribution in [3.63, 3.8) is 0 Å². The van der Waals surface area contributed by atoms with Crippen molar-refractivity contribution in [1.29, 1.82) is 0 Å². The average molecular weight is 245 g/mol. The van der Waals surface area contributed by atoms with Crippen LogP contribution in [0.4, 0.5) is 5.69 Å². The van der Waals surface area contributed by atoms with Gasteiger partial charge in [-0.05, 0) is 55.4 Å². The Morgan fingerprint density at radius 3 is 2.56 bits per heavy atom. The van der Waals surface area contributed by atoms with Gasteiger partial charge in [-0.15, -0.1) is 0 Å². The van der Waals surface area contributed by atoms with Crippen molar-refractivity contribution >= 4 is 11.7 Å². The molecule has 0 heterocycles. The molecule has 1 fully saturated rings. The highest BCUT2D eigenvalue weighted by atomic mass is 16.4. The Morgan fingerprint density at radius 1 is 1.11 bits per heavy atom. The van der Waals surface area contributed by atoms with E-state index in [1.54, 1.807) is 0 Å². The van der Waals surface area contributed by atoms with Gasteiger partial charge in [-0.2, -0.15) is 0 Å². The number of nitrogens with one attached hydrogen (secondary N) is 1. The van der Waals surface area contributed by atoms with Gasteiger partial charge in [0.1, 0.15) is 5.54 Å². The van der Waals surface area contributed by atoms with E-state index in [-0.39, 0.29) is 0 Å². The first-order valence-electron chi connectivity index (χ1n) is 6.83. The van der Waals surface area contributed by atoms with E-state index in [0.717, 1.165) is 37.8 Å². The van der Waals surface area contributed by atoms with Crippen LogP contribution in [-0.2, 0) is 17.6 Å². The molecule has 3 heteroatoms. The first kappa shape index (κ1) is 11.6. The summed E-state index contributed by atoms with van der Waals surface area (Å²) in [5.74, 6) is -0.708. The van der Waals surface area contributed by atoms with Crippen LogP contribution < -0.4 is 5.32 Å². The molecular formula is C15H19NO2. The summed E-state index contributed by atoms with van der Waals surface area (Å²) in [5, 5.41) is 12.7. The van der Waals surface area contributed by atoms with E-state index < -0.39 is 11.5 Å². The van der Waals surface area contributed by atoms with Gasteiger partial charge in [0.2, 0.25) is 0 Å². The lowest BCUT2D eigenvalue weighted by Gasteiger charge is -2.27. The Morgan fingerprint density at radius 2 is 1.83 bits per heavy atom. The first-order valence-corrected chi connectivity index (χ1v) is 6.83. The van der Waals surface area contributed by atoms with Crippen molar-refractivity contribution in [2.75, 3.05) is 5.32 Å². The Kier molecular flexibility index (Phi) is 2.77. The van der Waals surface area contributed by atoms with Gasteiger partial charge in [0.25, 0.3) is 0 Å². The number of aliphatic carboxylic acids is 1. The second-order valence-corrected chi connectivity index (χ2v) is 5.56. The van der Waals surface area contributed by atoms with Gasteiger partial charge in [0.15, 0.2) is 0 Å². The van der Waals surface area contributed by atoms with Crippen LogP contribution in [0.1, 0.15) is 43.2 Å². The summed E-state index contributed by atoms with van der Waals surface area (Å²) in [7, 11) is 0. The molecule has 2 N–H and O–H groups in total. The highest BCUT2D eigenvalue weighted by Gasteiger charge is 2.41. The second-order valence-electron chi connectivity index (χ2n) is 5.56. The zero-order valence-electron chi connectivity index (χ0n) is 10.5. The van der Waals surface area contributed by atoms with Crippen LogP contribution in [0.15, 0.2) is 18.2 Å². The summed E-state index contributed by atoms with van der Waals surface area (Å²) in [6.45, 7) is 0. The lowest BCUT2D eigenvalue weighted by molar-refractivity contribution is -0.142. The Balaban J connectivity index is 1.85. The minimum absolute atomic E-state index is 0.708. The molecule has 0 aliphatic heterocycles. The predicted molar refractivity (Wildman–Crippen MR) is 70.9 cm³/mol. The van der Waals surface area contributed by atoms with Crippen molar-refractivity contribution < 1.29 is 9.90 Å². The second kappa shape index (κ2) is 4.30. The Hall–Kier alpha value is -1.51. The molecule has 96 valence electrons. The monoisotopic (exact) mass is 245 g/mol. The number of anilines is 1. The third-order valence-corrected chi connectivity index (χ3v) is 4.35. The topological polar surface area (TPSA) is 49.3 Å². The van der Waals surface area contributed by atoms with Crippen LogP contribution in [0.3, 0.4) is 0 Å². The van der Waals surface area contributed by atoms with Gasteiger partial charge in [-0.3, -0.25) is 0 Å². The molecule has 18 heavy (non-hydrogen) atoms. The lowest BCUT2D eigenvalue weighted by Crippen LogP contribution is -2.43. The number of carboxylic acid groups (broad SMARTS) is 1. The molecule has 1 aromatic rings. The zero-order valence-corrected chi connectivity index (χ0v) is 10.5. The Labute approximate surface area is 107 Å². The van der Waals surface area contributed by atoms with E-state index in [0.29, 0.717) is 0 Å². The molecule has 0 amide bonds. The van der Waals surface area contributed by atoms with E-state index in [1.807, 2.05) is 6.07 Å². The smallest absolute Gasteiger partial charge is 0.329 e. The predicted octanol–water partition coefficient (Wildman–Crippen LogP) is 2.98. The van der Waals surface area contributed by atoms with Crippen molar-refractivity contribution in [2.24, 2.45) is 0 Å². The van der Waals surface area contributed by atoms with E-state index in [9.17, 15) is 9.90 Å². The lowest BCUT2D eigenvalue weighted by atomic mass is 9.97. The summed E-state index contributed by atoms with van der Waals surface area (Å²) in [6.07, 6.45) is 7.00. The molecule has 2 aliphatic carbocycles. The van der Waals surface area contributed by atoms with Gasteiger partial charge in [-0.1, -0.05) is 18.9 Å². The molecule has 3 nitrogen and oxygen atoms in total. The van der Waals surface area contributed by atoms with Crippen LogP contribution >= 0.6 is 0 Å². The van der Waals surface area contributed by atoms with E-state index in [1.165, 1.54) is 24.0 Å². The third kappa shape index (κ3) is 1.88. The quantitative estimate of drug-likeness (QED) is 0.860. The summed E-state index contributed by atoms with van der Waals surface area (Å²) in [5.41, 5.74) is 3.06. The van der Waals surface area contributed by atoms with Gasteiger partial charge >= 0.3 is 5.97 Å². The summed E-state index contributed by atoms with van der Waals surface area (Å²) in [4.78, 5) is 11.5. The van der Waals surface area contributed by atoms with Gasteiger partial charge in [0, 0.05) is 5.69 Å². The minimum atomic E-state index is -0.729. The maximum absolute atomic E-state index is 11.5. The van der Waals surface area contributed by atoms with Crippen molar-refractivity contribution in [1.82, 2.24) is 0 Å². The largest absolute Gasteiger partial charge is 0.480 e. The van der Waals surface area contributed by atoms with Crippen LogP contribution in [0.5, 0.6) is 0 Å². The summed E-state index contributed by atoms with van der Waals surface area (Å²) < 4.78 is 0. The highest BCUT2D eigenvalue weighted by molar-refractivity contribution is 5.83. The number of hydrogen-bond acceptors (Lipinski definition) is 2. The molecular weight excluding hydrogens is 226 g/mol. The number of rotatable bonds is 3. The fourth-order valence-electron chi connectivity index (χ4n) is 3.30. The van der Waals surface area contributed by atoms with Gasteiger partial charge < -0.3 is 10.4 Å². The van der Waals surface area contributed by atoms with Crippen LogP contribution in [-0.4, -0.2) is 16.6 Å². The number of benzene rings is 1. The van der Waals surface area contributed by atoms with Crippen LogP contribution in [0.25, 0.3) is 0 Å². The maximum Gasteiger partial charge on any atom is 0.329 e. The summed E-state index contributed by atoms with van der Waals surface area (Å²) in [6, 6.07) is 6.33. The average Bonchev–Trinajstić information content (AvgIpc) is 2.97. The normalized spacial score (nSPS) is 20.7. The van der Waals surface area contributed by atoms with Crippen molar-refractivity contribution in [3.05, 3.63) is 29.3 Å². The number of hydrogen-bond donors (Lipinski definition) is 2. The van der Waals surface area contributed by atoms with E-state index in [2.05, 4.69) is 17.4 Å².